The highest BCUT2D eigenvalue weighted by Crippen LogP contribution is 2.18. The molecule has 0 heterocycles. The predicted octanol–water partition coefficient (Wildman–Crippen LogP) is 1.78. The molecule has 3 heteroatoms. The summed E-state index contributed by atoms with van der Waals surface area (Å²) in [6.45, 7) is 1.93. The van der Waals surface area contributed by atoms with Crippen LogP contribution in [0.4, 0.5) is 0 Å². The molecule has 0 saturated heterocycles. The zero-order valence-electron chi connectivity index (χ0n) is 8.03. The first kappa shape index (κ1) is 10.3. The maximum Gasteiger partial charge on any atom is 0.240 e. The standard InChI is InChI=1S/C11H12N2O/c1-2-10(11(14)13-8-12)9-6-4-3-5-7-9/h3-7,10H,2H2,1H3,(H,13,14). The Labute approximate surface area is 83.4 Å². The van der Waals surface area contributed by atoms with E-state index in [4.69, 9.17) is 5.26 Å². The Hall–Kier alpha value is -1.82. The first-order valence-corrected chi connectivity index (χ1v) is 4.53. The Morgan fingerprint density at radius 3 is 2.64 bits per heavy atom. The quantitative estimate of drug-likeness (QED) is 0.580. The van der Waals surface area contributed by atoms with E-state index in [1.165, 1.54) is 0 Å². The summed E-state index contributed by atoms with van der Waals surface area (Å²) in [5.41, 5.74) is 0.947. The summed E-state index contributed by atoms with van der Waals surface area (Å²) in [6, 6.07) is 9.46. The van der Waals surface area contributed by atoms with Gasteiger partial charge in [0.05, 0.1) is 5.92 Å². The van der Waals surface area contributed by atoms with E-state index in [2.05, 4.69) is 5.32 Å². The van der Waals surface area contributed by atoms with Crippen LogP contribution in [0.5, 0.6) is 0 Å². The van der Waals surface area contributed by atoms with Crippen molar-refractivity contribution in [1.82, 2.24) is 5.32 Å². The van der Waals surface area contributed by atoms with Crippen molar-refractivity contribution in [1.29, 1.82) is 5.26 Å². The minimum atomic E-state index is -0.235. The number of carbonyl (C=O) groups is 1. The fourth-order valence-corrected chi connectivity index (χ4v) is 1.40. The van der Waals surface area contributed by atoms with Gasteiger partial charge in [-0.05, 0) is 12.0 Å². The van der Waals surface area contributed by atoms with Crippen LogP contribution in [0.3, 0.4) is 0 Å². The van der Waals surface area contributed by atoms with Gasteiger partial charge >= 0.3 is 0 Å². The van der Waals surface area contributed by atoms with Gasteiger partial charge in [0, 0.05) is 0 Å². The summed E-state index contributed by atoms with van der Waals surface area (Å²) in [5, 5.41) is 10.5. The topological polar surface area (TPSA) is 52.9 Å². The molecule has 3 nitrogen and oxygen atoms in total. The average molecular weight is 188 g/mol. The number of carbonyl (C=O) groups excluding carboxylic acids is 1. The lowest BCUT2D eigenvalue weighted by molar-refractivity contribution is -0.121. The van der Waals surface area contributed by atoms with Gasteiger partial charge in [-0.3, -0.25) is 10.1 Å². The van der Waals surface area contributed by atoms with Gasteiger partial charge in [-0.2, -0.15) is 5.26 Å². The molecule has 1 rings (SSSR count). The Morgan fingerprint density at radius 1 is 1.50 bits per heavy atom. The van der Waals surface area contributed by atoms with E-state index in [-0.39, 0.29) is 11.8 Å². The number of nitriles is 1. The second-order valence-electron chi connectivity index (χ2n) is 2.97. The van der Waals surface area contributed by atoms with E-state index < -0.39 is 0 Å². The highest BCUT2D eigenvalue weighted by atomic mass is 16.1. The first-order chi connectivity index (χ1) is 6.79. The van der Waals surface area contributed by atoms with Crippen LogP contribution in [0.2, 0.25) is 0 Å². The summed E-state index contributed by atoms with van der Waals surface area (Å²) < 4.78 is 0. The number of nitrogens with zero attached hydrogens (tertiary/aromatic N) is 1. The van der Waals surface area contributed by atoms with Crippen LogP contribution in [0.25, 0.3) is 0 Å². The van der Waals surface area contributed by atoms with Gasteiger partial charge in [-0.1, -0.05) is 37.3 Å². The molecular weight excluding hydrogens is 176 g/mol. The van der Waals surface area contributed by atoms with Gasteiger partial charge < -0.3 is 0 Å². The average Bonchev–Trinajstić information content (AvgIpc) is 2.21. The van der Waals surface area contributed by atoms with Crippen LogP contribution in [-0.4, -0.2) is 5.91 Å². The fraction of sp³-hybridized carbons (Fsp3) is 0.273. The van der Waals surface area contributed by atoms with Crippen molar-refractivity contribution in [3.8, 4) is 6.19 Å². The Balaban J connectivity index is 2.83. The lowest BCUT2D eigenvalue weighted by atomic mass is 9.96. The van der Waals surface area contributed by atoms with Crippen molar-refractivity contribution >= 4 is 5.91 Å². The molecular formula is C11H12N2O. The minimum Gasteiger partial charge on any atom is -0.273 e. The summed E-state index contributed by atoms with van der Waals surface area (Å²) in [5.74, 6) is -0.461. The molecule has 0 aromatic heterocycles. The molecule has 1 aromatic carbocycles. The number of amides is 1. The lowest BCUT2D eigenvalue weighted by Crippen LogP contribution is -2.24. The van der Waals surface area contributed by atoms with Gasteiger partial charge in [-0.15, -0.1) is 0 Å². The van der Waals surface area contributed by atoms with Crippen molar-refractivity contribution in [3.63, 3.8) is 0 Å². The van der Waals surface area contributed by atoms with Crippen molar-refractivity contribution in [2.75, 3.05) is 0 Å². The molecule has 1 unspecified atom stereocenters. The number of nitrogens with one attached hydrogen (secondary N) is 1. The number of benzene rings is 1. The van der Waals surface area contributed by atoms with E-state index in [9.17, 15) is 4.79 Å². The summed E-state index contributed by atoms with van der Waals surface area (Å²) in [4.78, 5) is 11.4. The van der Waals surface area contributed by atoms with Crippen LogP contribution in [0.15, 0.2) is 30.3 Å². The van der Waals surface area contributed by atoms with Crippen LogP contribution < -0.4 is 5.32 Å². The van der Waals surface area contributed by atoms with Crippen molar-refractivity contribution in [3.05, 3.63) is 35.9 Å². The first-order valence-electron chi connectivity index (χ1n) is 4.53. The van der Waals surface area contributed by atoms with Crippen molar-refractivity contribution in [2.24, 2.45) is 0 Å². The number of rotatable bonds is 3. The van der Waals surface area contributed by atoms with Gasteiger partial charge in [0.2, 0.25) is 5.91 Å². The molecule has 72 valence electrons. The molecule has 0 aliphatic carbocycles. The van der Waals surface area contributed by atoms with E-state index in [1.807, 2.05) is 37.3 Å². The third kappa shape index (κ3) is 2.33. The van der Waals surface area contributed by atoms with Gasteiger partial charge in [0.15, 0.2) is 6.19 Å². The monoisotopic (exact) mass is 188 g/mol. The molecule has 1 N–H and O–H groups in total. The maximum atomic E-state index is 11.4. The van der Waals surface area contributed by atoms with Crippen molar-refractivity contribution in [2.45, 2.75) is 19.3 Å². The van der Waals surface area contributed by atoms with Crippen LogP contribution in [0, 0.1) is 11.5 Å². The molecule has 1 aromatic rings. The number of hydrogen-bond acceptors (Lipinski definition) is 2. The van der Waals surface area contributed by atoms with E-state index in [1.54, 1.807) is 6.19 Å². The van der Waals surface area contributed by atoms with Crippen LogP contribution in [0.1, 0.15) is 24.8 Å². The Bertz CT molecular complexity index is 340. The third-order valence-corrected chi connectivity index (χ3v) is 2.11. The molecule has 0 aliphatic rings. The second kappa shape index (κ2) is 5.03. The highest BCUT2D eigenvalue weighted by Gasteiger charge is 2.17. The maximum absolute atomic E-state index is 11.4. The Morgan fingerprint density at radius 2 is 2.14 bits per heavy atom. The molecule has 14 heavy (non-hydrogen) atoms. The van der Waals surface area contributed by atoms with E-state index in [0.29, 0.717) is 6.42 Å². The summed E-state index contributed by atoms with van der Waals surface area (Å²) in [6.07, 6.45) is 2.34. The summed E-state index contributed by atoms with van der Waals surface area (Å²) >= 11 is 0. The van der Waals surface area contributed by atoms with E-state index in [0.717, 1.165) is 5.56 Å². The van der Waals surface area contributed by atoms with E-state index >= 15 is 0 Å². The van der Waals surface area contributed by atoms with Crippen LogP contribution in [-0.2, 0) is 4.79 Å². The summed E-state index contributed by atoms with van der Waals surface area (Å²) in [7, 11) is 0. The van der Waals surface area contributed by atoms with Crippen molar-refractivity contribution < 1.29 is 4.79 Å². The fourth-order valence-electron chi connectivity index (χ4n) is 1.40. The third-order valence-electron chi connectivity index (χ3n) is 2.11. The molecule has 0 fully saturated rings. The zero-order chi connectivity index (χ0) is 10.4. The largest absolute Gasteiger partial charge is 0.273 e. The molecule has 1 atom stereocenters. The second-order valence-corrected chi connectivity index (χ2v) is 2.97. The lowest BCUT2D eigenvalue weighted by Gasteiger charge is -2.11. The normalized spacial score (nSPS) is 11.4. The molecule has 1 amide bonds. The van der Waals surface area contributed by atoms with Gasteiger partial charge in [0.25, 0.3) is 0 Å². The SMILES string of the molecule is CCC(C(=O)NC#N)c1ccccc1. The molecule has 0 aliphatic heterocycles. The Kier molecular flexibility index (Phi) is 3.69. The molecule has 0 bridgehead atoms. The minimum absolute atomic E-state index is 0.226. The highest BCUT2D eigenvalue weighted by molar-refractivity contribution is 5.84. The number of hydrogen-bond donors (Lipinski definition) is 1. The molecule has 0 saturated carbocycles. The predicted molar refractivity (Wildman–Crippen MR) is 53.2 cm³/mol. The van der Waals surface area contributed by atoms with Crippen LogP contribution >= 0.6 is 0 Å². The van der Waals surface area contributed by atoms with Gasteiger partial charge in [-0.25, -0.2) is 0 Å². The van der Waals surface area contributed by atoms with Gasteiger partial charge in [0.1, 0.15) is 0 Å². The smallest absolute Gasteiger partial charge is 0.240 e. The molecule has 0 radical (unpaired) electrons. The molecule has 0 spiro atoms. The zero-order valence-corrected chi connectivity index (χ0v) is 8.03.